The predicted octanol–water partition coefficient (Wildman–Crippen LogP) is 3.12. The predicted molar refractivity (Wildman–Crippen MR) is 119 cm³/mol. The first-order chi connectivity index (χ1) is 14.5. The van der Waals surface area contributed by atoms with Gasteiger partial charge in [0.25, 0.3) is 11.5 Å². The molecule has 0 aliphatic heterocycles. The highest BCUT2D eigenvalue weighted by Gasteiger charge is 2.22. The number of amides is 1. The molecule has 30 heavy (non-hydrogen) atoms. The lowest BCUT2D eigenvalue weighted by Gasteiger charge is -2.23. The van der Waals surface area contributed by atoms with E-state index >= 15 is 0 Å². The number of carbonyl (C=O) groups excluding carboxylic acids is 1. The van der Waals surface area contributed by atoms with Crippen LogP contribution in [-0.4, -0.2) is 22.0 Å². The Hall–Kier alpha value is -3.55. The lowest BCUT2D eigenvalue weighted by atomic mass is 10.2. The van der Waals surface area contributed by atoms with E-state index in [0.29, 0.717) is 31.7 Å². The van der Waals surface area contributed by atoms with Gasteiger partial charge in [-0.2, -0.15) is 0 Å². The van der Waals surface area contributed by atoms with E-state index in [2.05, 4.69) is 4.98 Å². The van der Waals surface area contributed by atoms with E-state index in [9.17, 15) is 14.4 Å². The molecule has 0 radical (unpaired) electrons. The fourth-order valence-electron chi connectivity index (χ4n) is 3.26. The van der Waals surface area contributed by atoms with Crippen molar-refractivity contribution in [2.75, 3.05) is 17.2 Å². The van der Waals surface area contributed by atoms with Crippen molar-refractivity contribution in [3.05, 3.63) is 63.0 Å². The Bertz CT molecular complexity index is 1150. The number of nitrogen functional groups attached to an aromatic ring is 1. The van der Waals surface area contributed by atoms with Crippen molar-refractivity contribution in [2.24, 2.45) is 0 Å². The van der Waals surface area contributed by atoms with Gasteiger partial charge in [-0.3, -0.25) is 19.1 Å². The van der Waals surface area contributed by atoms with Gasteiger partial charge >= 0.3 is 5.69 Å². The number of aromatic amines is 1. The number of nitrogens with two attached hydrogens (primary N) is 1. The second-order valence-electron chi connectivity index (χ2n) is 7.01. The molecule has 0 aliphatic rings. The molecule has 0 atom stereocenters. The van der Waals surface area contributed by atoms with E-state index in [1.807, 2.05) is 44.2 Å². The number of hydrogen-bond donors (Lipinski definition) is 2. The Morgan fingerprint density at radius 2 is 2.00 bits per heavy atom. The number of aromatic nitrogens is 2. The number of rotatable bonds is 8. The molecular formula is C22H26N4O4. The van der Waals surface area contributed by atoms with Gasteiger partial charge in [0.05, 0.1) is 0 Å². The zero-order valence-corrected chi connectivity index (χ0v) is 17.2. The number of hydrogen-bond acceptors (Lipinski definition) is 5. The van der Waals surface area contributed by atoms with Crippen LogP contribution in [0, 0.1) is 0 Å². The minimum atomic E-state index is -0.675. The van der Waals surface area contributed by atoms with Crippen molar-refractivity contribution >= 4 is 34.5 Å². The standard InChI is InChI=1S/C22H26N4O4/c1-3-5-13-25(19-20(23)26(12-4-2)22(29)24-21(19)28)18(27)11-10-16-14-15-8-6-7-9-17(15)30-16/h6-11,14H,3-5,12-13,23H2,1-2H3,(H,24,28,29)/b11-10+. The van der Waals surface area contributed by atoms with Gasteiger partial charge in [0.1, 0.15) is 17.2 Å². The zero-order valence-electron chi connectivity index (χ0n) is 17.2. The van der Waals surface area contributed by atoms with Crippen LogP contribution in [0.4, 0.5) is 11.5 Å². The van der Waals surface area contributed by atoms with E-state index in [4.69, 9.17) is 10.2 Å². The number of fused-ring (bicyclic) bond motifs is 1. The number of H-pyrrole nitrogens is 1. The van der Waals surface area contributed by atoms with Crippen molar-refractivity contribution in [3.63, 3.8) is 0 Å². The molecule has 3 rings (SSSR count). The molecule has 8 nitrogen and oxygen atoms in total. The summed E-state index contributed by atoms with van der Waals surface area (Å²) in [5.41, 5.74) is 5.61. The third-order valence-electron chi connectivity index (χ3n) is 4.77. The molecule has 158 valence electrons. The fraction of sp³-hybridized carbons (Fsp3) is 0.318. The Labute approximate surface area is 173 Å². The van der Waals surface area contributed by atoms with E-state index in [0.717, 1.165) is 17.4 Å². The van der Waals surface area contributed by atoms with Gasteiger partial charge in [0.15, 0.2) is 5.69 Å². The lowest BCUT2D eigenvalue weighted by molar-refractivity contribution is -0.114. The van der Waals surface area contributed by atoms with Crippen LogP contribution < -0.4 is 21.9 Å². The summed E-state index contributed by atoms with van der Waals surface area (Å²) in [5, 5.41) is 0.930. The smallest absolute Gasteiger partial charge is 0.330 e. The Morgan fingerprint density at radius 3 is 2.70 bits per heavy atom. The maximum atomic E-state index is 13.0. The molecule has 0 spiro atoms. The van der Waals surface area contributed by atoms with E-state index in [1.54, 1.807) is 6.08 Å². The van der Waals surface area contributed by atoms with Crippen LogP contribution in [0.3, 0.4) is 0 Å². The van der Waals surface area contributed by atoms with Crippen molar-refractivity contribution in [1.82, 2.24) is 9.55 Å². The fourth-order valence-corrected chi connectivity index (χ4v) is 3.26. The summed E-state index contributed by atoms with van der Waals surface area (Å²) < 4.78 is 6.99. The minimum absolute atomic E-state index is 0.00393. The maximum absolute atomic E-state index is 13.0. The molecule has 3 N–H and O–H groups in total. The van der Waals surface area contributed by atoms with E-state index in [-0.39, 0.29) is 11.5 Å². The lowest BCUT2D eigenvalue weighted by Crippen LogP contribution is -2.41. The quantitative estimate of drug-likeness (QED) is 0.554. The van der Waals surface area contributed by atoms with Crippen molar-refractivity contribution in [1.29, 1.82) is 0 Å². The van der Waals surface area contributed by atoms with Gasteiger partial charge in [-0.05, 0) is 31.1 Å². The summed E-state index contributed by atoms with van der Waals surface area (Å²) in [7, 11) is 0. The largest absolute Gasteiger partial charge is 0.457 e. The van der Waals surface area contributed by atoms with Crippen LogP contribution in [0.5, 0.6) is 0 Å². The Balaban J connectivity index is 1.97. The highest BCUT2D eigenvalue weighted by molar-refractivity contribution is 6.05. The van der Waals surface area contributed by atoms with Crippen LogP contribution in [0.25, 0.3) is 17.0 Å². The Kier molecular flexibility index (Phi) is 6.56. The first-order valence-corrected chi connectivity index (χ1v) is 10.1. The van der Waals surface area contributed by atoms with Crippen LogP contribution >= 0.6 is 0 Å². The summed E-state index contributed by atoms with van der Waals surface area (Å²) in [6.45, 7) is 4.53. The number of nitrogens with one attached hydrogen (secondary N) is 1. The number of benzene rings is 1. The van der Waals surface area contributed by atoms with Crippen LogP contribution in [0.1, 0.15) is 38.9 Å². The second-order valence-corrected chi connectivity index (χ2v) is 7.01. The molecule has 0 bridgehead atoms. The average molecular weight is 410 g/mol. The first-order valence-electron chi connectivity index (χ1n) is 10.1. The molecule has 3 aromatic rings. The third kappa shape index (κ3) is 4.37. The van der Waals surface area contributed by atoms with Gasteiger partial charge in [-0.15, -0.1) is 0 Å². The van der Waals surface area contributed by atoms with Crippen molar-refractivity contribution < 1.29 is 9.21 Å². The maximum Gasteiger partial charge on any atom is 0.330 e. The topological polar surface area (TPSA) is 114 Å². The molecule has 1 amide bonds. The summed E-state index contributed by atoms with van der Waals surface area (Å²) in [5.74, 6) is 0.104. The molecule has 0 aliphatic carbocycles. The van der Waals surface area contributed by atoms with E-state index in [1.165, 1.54) is 15.5 Å². The second kappa shape index (κ2) is 9.30. The number of nitrogens with zero attached hydrogens (tertiary/aromatic N) is 2. The molecule has 0 saturated carbocycles. The molecule has 2 heterocycles. The van der Waals surface area contributed by atoms with Gasteiger partial charge in [0.2, 0.25) is 0 Å². The molecule has 0 saturated heterocycles. The normalized spacial score (nSPS) is 11.4. The molecule has 0 fully saturated rings. The summed E-state index contributed by atoms with van der Waals surface area (Å²) in [4.78, 5) is 41.2. The monoisotopic (exact) mass is 410 g/mol. The molecular weight excluding hydrogens is 384 g/mol. The minimum Gasteiger partial charge on any atom is -0.457 e. The molecule has 1 aromatic carbocycles. The van der Waals surface area contributed by atoms with Gasteiger partial charge in [0, 0.05) is 24.6 Å². The van der Waals surface area contributed by atoms with Crippen molar-refractivity contribution in [3.8, 4) is 0 Å². The summed E-state index contributed by atoms with van der Waals surface area (Å²) >= 11 is 0. The third-order valence-corrected chi connectivity index (χ3v) is 4.77. The molecule has 8 heteroatoms. The van der Waals surface area contributed by atoms with Crippen molar-refractivity contribution in [2.45, 2.75) is 39.7 Å². The van der Waals surface area contributed by atoms with Gasteiger partial charge < -0.3 is 15.1 Å². The van der Waals surface area contributed by atoms with Crippen LogP contribution in [0.15, 0.2) is 50.4 Å². The number of unbranched alkanes of at least 4 members (excludes halogenated alkanes) is 1. The number of para-hydroxylation sites is 1. The van der Waals surface area contributed by atoms with E-state index < -0.39 is 17.2 Å². The highest BCUT2D eigenvalue weighted by Crippen LogP contribution is 2.21. The highest BCUT2D eigenvalue weighted by atomic mass is 16.3. The first kappa shape index (κ1) is 21.2. The number of carbonyl (C=O) groups is 1. The Morgan fingerprint density at radius 1 is 1.23 bits per heavy atom. The zero-order chi connectivity index (χ0) is 21.7. The molecule has 2 aromatic heterocycles. The molecule has 0 unspecified atom stereocenters. The summed E-state index contributed by atoms with van der Waals surface area (Å²) in [6.07, 6.45) is 5.07. The summed E-state index contributed by atoms with van der Waals surface area (Å²) in [6, 6.07) is 9.38. The van der Waals surface area contributed by atoms with Gasteiger partial charge in [-0.25, -0.2) is 4.79 Å². The number of furan rings is 1. The van der Waals surface area contributed by atoms with Crippen LogP contribution in [-0.2, 0) is 11.3 Å². The van der Waals surface area contributed by atoms with Gasteiger partial charge in [-0.1, -0.05) is 38.5 Å². The number of anilines is 2. The average Bonchev–Trinajstić information content (AvgIpc) is 3.14. The van der Waals surface area contributed by atoms with Crippen LogP contribution in [0.2, 0.25) is 0 Å². The SMILES string of the molecule is CCCCN(C(=O)/C=C/c1cc2ccccc2o1)c1c(N)n(CCC)c(=O)[nH]c1=O.